The molecule has 6 nitrogen and oxygen atoms in total. The van der Waals surface area contributed by atoms with E-state index in [-0.39, 0.29) is 11.3 Å². The maximum atomic E-state index is 10.7. The van der Waals surface area contributed by atoms with Crippen LogP contribution in [0.3, 0.4) is 0 Å². The summed E-state index contributed by atoms with van der Waals surface area (Å²) in [5, 5.41) is 14.6. The molecule has 0 saturated heterocycles. The highest BCUT2D eigenvalue weighted by molar-refractivity contribution is 5.82. The second-order valence-corrected chi connectivity index (χ2v) is 3.07. The van der Waals surface area contributed by atoms with Crippen molar-refractivity contribution in [2.45, 2.75) is 0 Å². The predicted octanol–water partition coefficient (Wildman–Crippen LogP) is 1.59. The molecular formula is C10H7N3O3. The molecule has 0 fully saturated rings. The lowest BCUT2D eigenvalue weighted by Gasteiger charge is -2.02. The molecule has 0 radical (unpaired) electrons. The molecule has 80 valence electrons. The molecule has 6 heteroatoms. The largest absolute Gasteiger partial charge is 0.298 e. The van der Waals surface area contributed by atoms with Crippen LogP contribution in [-0.2, 0) is 0 Å². The van der Waals surface area contributed by atoms with Gasteiger partial charge in [-0.25, -0.2) is 4.68 Å². The topological polar surface area (TPSA) is 78.0 Å². The van der Waals surface area contributed by atoms with Crippen molar-refractivity contribution in [1.29, 1.82) is 0 Å². The van der Waals surface area contributed by atoms with E-state index in [9.17, 15) is 14.9 Å². The van der Waals surface area contributed by atoms with Crippen molar-refractivity contribution in [2.75, 3.05) is 0 Å². The van der Waals surface area contributed by atoms with Crippen LogP contribution in [0.15, 0.2) is 36.7 Å². The van der Waals surface area contributed by atoms with E-state index in [0.29, 0.717) is 12.0 Å². The Morgan fingerprint density at radius 2 is 2.25 bits per heavy atom. The quantitative estimate of drug-likeness (QED) is 0.444. The molecule has 1 aromatic carbocycles. The molecule has 0 aliphatic heterocycles. The summed E-state index contributed by atoms with van der Waals surface area (Å²) in [5.41, 5.74) is 0.446. The average molecular weight is 217 g/mol. The standard InChI is InChI=1S/C10H7N3O3/c14-7-8-6-9(12-5-1-4-11-12)2-3-10(8)13(15)16/h1-7H. The summed E-state index contributed by atoms with van der Waals surface area (Å²) in [6.07, 6.45) is 3.74. The summed E-state index contributed by atoms with van der Waals surface area (Å²) in [6, 6.07) is 5.99. The van der Waals surface area contributed by atoms with E-state index in [1.165, 1.54) is 22.9 Å². The number of hydrogen-bond donors (Lipinski definition) is 0. The van der Waals surface area contributed by atoms with Gasteiger partial charge in [0.1, 0.15) is 0 Å². The first-order valence-corrected chi connectivity index (χ1v) is 4.46. The van der Waals surface area contributed by atoms with Gasteiger partial charge < -0.3 is 0 Å². The van der Waals surface area contributed by atoms with Gasteiger partial charge in [-0.2, -0.15) is 5.10 Å². The van der Waals surface area contributed by atoms with Crippen LogP contribution in [-0.4, -0.2) is 21.0 Å². The van der Waals surface area contributed by atoms with Gasteiger partial charge in [0, 0.05) is 18.5 Å². The molecule has 0 saturated carbocycles. The molecule has 0 amide bonds. The van der Waals surface area contributed by atoms with Crippen LogP contribution in [0.4, 0.5) is 5.69 Å². The van der Waals surface area contributed by atoms with Gasteiger partial charge in [-0.05, 0) is 18.2 Å². The third kappa shape index (κ3) is 1.68. The third-order valence-corrected chi connectivity index (χ3v) is 2.10. The minimum Gasteiger partial charge on any atom is -0.298 e. The van der Waals surface area contributed by atoms with Gasteiger partial charge in [0.2, 0.25) is 0 Å². The summed E-state index contributed by atoms with van der Waals surface area (Å²) in [5.74, 6) is 0. The highest BCUT2D eigenvalue weighted by Gasteiger charge is 2.13. The fraction of sp³-hybridized carbons (Fsp3) is 0. The zero-order valence-electron chi connectivity index (χ0n) is 8.11. The molecule has 2 aromatic rings. The highest BCUT2D eigenvalue weighted by Crippen LogP contribution is 2.19. The van der Waals surface area contributed by atoms with Crippen molar-refractivity contribution >= 4 is 12.0 Å². The first-order valence-electron chi connectivity index (χ1n) is 4.46. The zero-order valence-corrected chi connectivity index (χ0v) is 8.11. The molecule has 1 aromatic heterocycles. The van der Waals surface area contributed by atoms with Gasteiger partial charge >= 0.3 is 0 Å². The van der Waals surface area contributed by atoms with Crippen LogP contribution in [0.1, 0.15) is 10.4 Å². The molecule has 0 spiro atoms. The molecular weight excluding hydrogens is 210 g/mol. The fourth-order valence-electron chi connectivity index (χ4n) is 1.37. The summed E-state index contributed by atoms with van der Waals surface area (Å²) in [6.45, 7) is 0. The van der Waals surface area contributed by atoms with E-state index < -0.39 is 4.92 Å². The minimum atomic E-state index is -0.587. The Balaban J connectivity index is 2.53. The van der Waals surface area contributed by atoms with Gasteiger partial charge in [-0.1, -0.05) is 0 Å². The number of carbonyl (C=O) groups excluding carboxylic acids is 1. The molecule has 0 unspecified atom stereocenters. The number of rotatable bonds is 3. The molecule has 2 rings (SSSR count). The lowest BCUT2D eigenvalue weighted by Crippen LogP contribution is -1.99. The van der Waals surface area contributed by atoms with Crippen molar-refractivity contribution < 1.29 is 9.72 Å². The Labute approximate surface area is 90.3 Å². The van der Waals surface area contributed by atoms with Crippen molar-refractivity contribution in [3.63, 3.8) is 0 Å². The van der Waals surface area contributed by atoms with Crippen LogP contribution in [0.2, 0.25) is 0 Å². The lowest BCUT2D eigenvalue weighted by molar-refractivity contribution is -0.385. The average Bonchev–Trinajstić information content (AvgIpc) is 2.81. The number of aromatic nitrogens is 2. The monoisotopic (exact) mass is 217 g/mol. The summed E-state index contributed by atoms with van der Waals surface area (Å²) in [7, 11) is 0. The molecule has 0 N–H and O–H groups in total. The maximum absolute atomic E-state index is 10.7. The summed E-state index contributed by atoms with van der Waals surface area (Å²) in [4.78, 5) is 20.7. The van der Waals surface area contributed by atoms with E-state index in [2.05, 4.69) is 5.10 Å². The zero-order chi connectivity index (χ0) is 11.5. The highest BCUT2D eigenvalue weighted by atomic mass is 16.6. The van der Waals surface area contributed by atoms with E-state index in [4.69, 9.17) is 0 Å². The van der Waals surface area contributed by atoms with Gasteiger partial charge in [-0.3, -0.25) is 14.9 Å². The van der Waals surface area contributed by atoms with Crippen LogP contribution in [0, 0.1) is 10.1 Å². The Hall–Kier alpha value is -2.50. The van der Waals surface area contributed by atoms with E-state index in [0.717, 1.165) is 0 Å². The van der Waals surface area contributed by atoms with Crippen LogP contribution >= 0.6 is 0 Å². The van der Waals surface area contributed by atoms with Crippen molar-refractivity contribution in [2.24, 2.45) is 0 Å². The SMILES string of the molecule is O=Cc1cc(-n2cccn2)ccc1[N+](=O)[O-]. The first-order chi connectivity index (χ1) is 7.72. The van der Waals surface area contributed by atoms with Gasteiger partial charge in [0.15, 0.2) is 6.29 Å². The number of nitro benzene ring substituents is 1. The van der Waals surface area contributed by atoms with Crippen LogP contribution < -0.4 is 0 Å². The van der Waals surface area contributed by atoms with Crippen LogP contribution in [0.5, 0.6) is 0 Å². The number of hydrogen-bond acceptors (Lipinski definition) is 4. The van der Waals surface area contributed by atoms with Crippen molar-refractivity contribution in [1.82, 2.24) is 9.78 Å². The van der Waals surface area contributed by atoms with Gasteiger partial charge in [-0.15, -0.1) is 0 Å². The second-order valence-electron chi connectivity index (χ2n) is 3.07. The minimum absolute atomic E-state index is 0.0398. The molecule has 0 aliphatic carbocycles. The lowest BCUT2D eigenvalue weighted by atomic mass is 10.2. The Bertz CT molecular complexity index is 534. The summed E-state index contributed by atoms with van der Waals surface area (Å²) < 4.78 is 1.52. The number of nitrogens with zero attached hydrogens (tertiary/aromatic N) is 3. The molecule has 1 heterocycles. The Morgan fingerprint density at radius 1 is 1.44 bits per heavy atom. The van der Waals surface area contributed by atoms with Crippen LogP contribution in [0.25, 0.3) is 5.69 Å². The molecule has 16 heavy (non-hydrogen) atoms. The fourth-order valence-corrected chi connectivity index (χ4v) is 1.37. The second kappa shape index (κ2) is 3.93. The van der Waals surface area contributed by atoms with E-state index >= 15 is 0 Å². The van der Waals surface area contributed by atoms with Crippen molar-refractivity contribution in [3.8, 4) is 5.69 Å². The smallest absolute Gasteiger partial charge is 0.280 e. The third-order valence-electron chi connectivity index (χ3n) is 2.10. The van der Waals surface area contributed by atoms with Crippen molar-refractivity contribution in [3.05, 3.63) is 52.3 Å². The molecule has 0 aliphatic rings. The molecule has 0 bridgehead atoms. The normalized spacial score (nSPS) is 10.0. The predicted molar refractivity (Wildman–Crippen MR) is 55.6 cm³/mol. The van der Waals surface area contributed by atoms with Gasteiger partial charge in [0.25, 0.3) is 5.69 Å². The summed E-state index contributed by atoms with van der Waals surface area (Å²) >= 11 is 0. The number of nitro groups is 1. The Kier molecular flexibility index (Phi) is 2.47. The Morgan fingerprint density at radius 3 is 2.81 bits per heavy atom. The number of benzene rings is 1. The number of carbonyl (C=O) groups is 1. The number of aldehydes is 1. The van der Waals surface area contributed by atoms with E-state index in [1.54, 1.807) is 18.5 Å². The molecule has 0 atom stereocenters. The van der Waals surface area contributed by atoms with Gasteiger partial charge in [0.05, 0.1) is 16.2 Å². The van der Waals surface area contributed by atoms with E-state index in [1.807, 2.05) is 0 Å². The first kappa shape index (κ1) is 10.0. The maximum Gasteiger partial charge on any atom is 0.280 e.